The second-order valence-corrected chi connectivity index (χ2v) is 21.7. The van der Waals surface area contributed by atoms with Crippen molar-refractivity contribution >= 4 is 21.6 Å². The van der Waals surface area contributed by atoms with E-state index in [4.69, 9.17) is 9.16 Å². The van der Waals surface area contributed by atoms with Gasteiger partial charge in [0, 0.05) is 6.10 Å². The maximum atomic E-state index is 10.9. The molecule has 0 radical (unpaired) electrons. The van der Waals surface area contributed by atoms with E-state index in [9.17, 15) is 4.79 Å². The molecule has 0 aromatic heterocycles. The van der Waals surface area contributed by atoms with Crippen molar-refractivity contribution < 1.29 is 18.7 Å². The van der Waals surface area contributed by atoms with E-state index in [2.05, 4.69) is 37.5 Å². The van der Waals surface area contributed by atoms with Crippen molar-refractivity contribution in [2.75, 3.05) is 6.61 Å². The third-order valence-electron chi connectivity index (χ3n) is 4.50. The van der Waals surface area contributed by atoms with Gasteiger partial charge in [-0.1, -0.05) is 25.7 Å². The molecule has 4 nitrogen and oxygen atoms in total. The van der Waals surface area contributed by atoms with Crippen molar-refractivity contribution in [2.45, 2.75) is 64.0 Å². The van der Waals surface area contributed by atoms with Gasteiger partial charge in [-0.15, -0.1) is 0 Å². The van der Waals surface area contributed by atoms with E-state index in [0.29, 0.717) is 12.7 Å². The molecule has 0 aliphatic carbocycles. The van der Waals surface area contributed by atoms with Crippen LogP contribution in [0.1, 0.15) is 25.7 Å². The Bertz CT molecular complexity index is 342. The molecule has 0 spiro atoms. The highest BCUT2D eigenvalue weighted by atomic mass is 29.3. The van der Waals surface area contributed by atoms with Gasteiger partial charge in [-0.05, 0) is 38.8 Å². The van der Waals surface area contributed by atoms with Crippen LogP contribution in [0.4, 0.5) is 4.79 Å². The van der Waals surface area contributed by atoms with Crippen molar-refractivity contribution in [1.82, 2.24) is 0 Å². The van der Waals surface area contributed by atoms with Gasteiger partial charge < -0.3 is 13.9 Å². The van der Waals surface area contributed by atoms with Crippen molar-refractivity contribution in [3.8, 4) is 0 Å². The minimum atomic E-state index is -1.46. The molecule has 0 aromatic rings. The maximum Gasteiger partial charge on any atom is 0.513 e. The zero-order valence-electron chi connectivity index (χ0n) is 13.2. The summed E-state index contributed by atoms with van der Waals surface area (Å²) in [7, 11) is -2.57. The van der Waals surface area contributed by atoms with E-state index in [1.807, 2.05) is 0 Å². The van der Waals surface area contributed by atoms with Crippen LogP contribution in [0.2, 0.25) is 32.2 Å². The van der Waals surface area contributed by atoms with Crippen LogP contribution in [0.3, 0.4) is 0 Å². The molecule has 1 rings (SSSR count). The van der Waals surface area contributed by atoms with Crippen LogP contribution in [0.25, 0.3) is 0 Å². The summed E-state index contributed by atoms with van der Waals surface area (Å²) in [6.07, 6.45) is 4.98. The molecule has 1 heterocycles. The van der Waals surface area contributed by atoms with E-state index in [1.165, 1.54) is 12.5 Å². The van der Waals surface area contributed by atoms with Gasteiger partial charge in [0.2, 0.25) is 0 Å². The molecule has 0 amide bonds. The van der Waals surface area contributed by atoms with Gasteiger partial charge in [-0.25, -0.2) is 4.79 Å². The Balaban J connectivity index is 2.18. The molecule has 1 atom stereocenters. The molecular formula is C14H28O4Si2. The lowest BCUT2D eigenvalue weighted by molar-refractivity contribution is 0.0820. The Morgan fingerprint density at radius 2 is 2.05 bits per heavy atom. The molecule has 0 saturated carbocycles. The van der Waals surface area contributed by atoms with Gasteiger partial charge in [0.1, 0.15) is 0 Å². The first-order chi connectivity index (χ1) is 9.28. The standard InChI is InChI=1S/C14H28O4Si2/c1-6-16-14(15)17-11-8-7-9-13-10-12-19(2,3)20(4,5)18-13/h6,13H,1,7-12H2,2-5H3. The lowest BCUT2D eigenvalue weighted by Gasteiger charge is -2.45. The van der Waals surface area contributed by atoms with Crippen molar-refractivity contribution in [2.24, 2.45) is 0 Å². The lowest BCUT2D eigenvalue weighted by atomic mass is 10.1. The fraction of sp³-hybridized carbons (Fsp3) is 0.786. The van der Waals surface area contributed by atoms with Gasteiger partial charge in [0.25, 0.3) is 0 Å². The quantitative estimate of drug-likeness (QED) is 0.318. The van der Waals surface area contributed by atoms with Crippen molar-refractivity contribution in [3.05, 3.63) is 12.8 Å². The number of unbranched alkanes of at least 4 members (excludes halogenated alkanes) is 1. The highest BCUT2D eigenvalue weighted by Gasteiger charge is 2.47. The molecule has 0 bridgehead atoms. The predicted octanol–water partition coefficient (Wildman–Crippen LogP) is 4.23. The topological polar surface area (TPSA) is 44.8 Å². The Morgan fingerprint density at radius 3 is 2.65 bits per heavy atom. The van der Waals surface area contributed by atoms with Crippen molar-refractivity contribution in [1.29, 1.82) is 0 Å². The van der Waals surface area contributed by atoms with Crippen molar-refractivity contribution in [3.63, 3.8) is 0 Å². The molecular weight excluding hydrogens is 288 g/mol. The Kier molecular flexibility index (Phi) is 6.48. The number of carbonyl (C=O) groups is 1. The summed E-state index contributed by atoms with van der Waals surface area (Å²) in [5.41, 5.74) is 0. The average Bonchev–Trinajstić information content (AvgIpc) is 2.33. The zero-order valence-corrected chi connectivity index (χ0v) is 15.2. The number of hydrogen-bond donors (Lipinski definition) is 0. The largest absolute Gasteiger partial charge is 0.513 e. The van der Waals surface area contributed by atoms with Gasteiger partial charge in [0.05, 0.1) is 20.5 Å². The lowest BCUT2D eigenvalue weighted by Crippen LogP contribution is -2.61. The van der Waals surface area contributed by atoms with E-state index in [-0.39, 0.29) is 0 Å². The first-order valence-electron chi connectivity index (χ1n) is 7.40. The molecule has 0 N–H and O–H groups in total. The van der Waals surface area contributed by atoms with Crippen LogP contribution < -0.4 is 0 Å². The normalized spacial score (nSPS) is 23.9. The highest BCUT2D eigenvalue weighted by Crippen LogP contribution is 2.34. The van der Waals surface area contributed by atoms with E-state index < -0.39 is 21.6 Å². The van der Waals surface area contributed by atoms with Crippen LogP contribution in [0.15, 0.2) is 12.8 Å². The molecule has 116 valence electrons. The van der Waals surface area contributed by atoms with Gasteiger partial charge >= 0.3 is 6.16 Å². The summed E-state index contributed by atoms with van der Waals surface area (Å²) in [5, 5.41) is 0. The summed E-state index contributed by atoms with van der Waals surface area (Å²) in [5.74, 6) is 0. The van der Waals surface area contributed by atoms with Gasteiger partial charge in [-0.2, -0.15) is 0 Å². The maximum absolute atomic E-state index is 10.9. The average molecular weight is 317 g/mol. The third-order valence-corrected chi connectivity index (χ3v) is 21.1. The second kappa shape index (κ2) is 7.42. The molecule has 1 aliphatic rings. The summed E-state index contributed by atoms with van der Waals surface area (Å²) in [4.78, 5) is 10.9. The zero-order chi connectivity index (χ0) is 15.2. The first-order valence-corrected chi connectivity index (χ1v) is 14.5. The van der Waals surface area contributed by atoms with Gasteiger partial charge in [0.15, 0.2) is 7.83 Å². The third kappa shape index (κ3) is 5.07. The Labute approximate surface area is 124 Å². The molecule has 1 aliphatic heterocycles. The SMILES string of the molecule is C=COC(=O)OCCCCC1CC[Si](C)(C)[Si](C)(C)O1. The van der Waals surface area contributed by atoms with Crippen LogP contribution in [-0.4, -0.2) is 34.3 Å². The molecule has 0 aromatic carbocycles. The fourth-order valence-electron chi connectivity index (χ4n) is 2.39. The first kappa shape index (κ1) is 17.5. The second-order valence-electron chi connectivity index (χ2n) is 6.55. The summed E-state index contributed by atoms with van der Waals surface area (Å²) < 4.78 is 15.8. The molecule has 1 fully saturated rings. The monoisotopic (exact) mass is 316 g/mol. The molecule has 20 heavy (non-hydrogen) atoms. The smallest absolute Gasteiger partial charge is 0.434 e. The summed E-state index contributed by atoms with van der Waals surface area (Å²) >= 11 is 0. The van der Waals surface area contributed by atoms with Crippen LogP contribution >= 0.6 is 0 Å². The fourth-order valence-corrected chi connectivity index (χ4v) is 9.12. The van der Waals surface area contributed by atoms with E-state index in [1.54, 1.807) is 0 Å². The van der Waals surface area contributed by atoms with E-state index >= 15 is 0 Å². The van der Waals surface area contributed by atoms with Gasteiger partial charge in [-0.3, -0.25) is 0 Å². The number of carbonyl (C=O) groups excluding carboxylic acids is 1. The van der Waals surface area contributed by atoms with E-state index in [0.717, 1.165) is 25.5 Å². The predicted molar refractivity (Wildman–Crippen MR) is 85.7 cm³/mol. The number of rotatable bonds is 6. The molecule has 1 saturated heterocycles. The molecule has 6 heteroatoms. The van der Waals surface area contributed by atoms with Crippen LogP contribution in [-0.2, 0) is 13.9 Å². The summed E-state index contributed by atoms with van der Waals surface area (Å²) in [6, 6.07) is 1.39. The highest BCUT2D eigenvalue weighted by molar-refractivity contribution is 7.38. The number of ether oxygens (including phenoxy) is 2. The number of hydrogen-bond acceptors (Lipinski definition) is 4. The van der Waals surface area contributed by atoms with Crippen LogP contribution in [0, 0.1) is 0 Å². The minimum Gasteiger partial charge on any atom is -0.434 e. The molecule has 1 unspecified atom stereocenters. The minimum absolute atomic E-state index is 0.403. The summed E-state index contributed by atoms with van der Waals surface area (Å²) in [6.45, 7) is 13.4. The Hall–Kier alpha value is -0.596. The van der Waals surface area contributed by atoms with Crippen LogP contribution in [0.5, 0.6) is 0 Å². The Morgan fingerprint density at radius 1 is 1.35 bits per heavy atom.